The van der Waals surface area contributed by atoms with E-state index in [-0.39, 0.29) is 0 Å². The predicted octanol–water partition coefficient (Wildman–Crippen LogP) is 2.02. The topological polar surface area (TPSA) is 0 Å². The monoisotopic (exact) mass is 119 g/mol. The Kier molecular flexibility index (Phi) is 6.42. The van der Waals surface area contributed by atoms with Gasteiger partial charge >= 0.3 is 0 Å². The predicted molar refractivity (Wildman–Crippen MR) is 40.4 cm³/mol. The Hall–Kier alpha value is -0.880. The maximum Gasteiger partial charge on any atom is 0.0198 e. The summed E-state index contributed by atoms with van der Waals surface area (Å²) in [7, 11) is 0. The molecule has 0 atom stereocenters. The third kappa shape index (κ3) is 7.12. The van der Waals surface area contributed by atoms with Crippen molar-refractivity contribution in [3.8, 4) is 24.2 Å². The summed E-state index contributed by atoms with van der Waals surface area (Å²) in [5.74, 6) is 8.05. The summed E-state index contributed by atoms with van der Waals surface area (Å²) >= 11 is 0. The largest absolute Gasteiger partial charge is 0.120 e. The fourth-order valence-corrected chi connectivity index (χ4v) is 0.529. The highest BCUT2D eigenvalue weighted by atomic mass is 13.8. The maximum absolute atomic E-state index is 5.04. The number of rotatable bonds is 3. The third-order valence-electron chi connectivity index (χ3n) is 0.998. The molecule has 0 saturated carbocycles. The van der Waals surface area contributed by atoms with Gasteiger partial charge in [0.25, 0.3) is 0 Å². The molecule has 0 aliphatic rings. The van der Waals surface area contributed by atoms with E-state index in [1.807, 2.05) is 0 Å². The first-order chi connectivity index (χ1) is 4.41. The standard InChI is InChI=1S/C9H11/c1-3-5-7-9-8-6-4-2/h1H,2,5,7-9H2. The molecule has 0 aromatic rings. The molecular formula is C9H11. The van der Waals surface area contributed by atoms with E-state index in [0.717, 1.165) is 25.7 Å². The van der Waals surface area contributed by atoms with Gasteiger partial charge in [-0.1, -0.05) is 0 Å². The molecule has 0 heterocycles. The first-order valence-electron chi connectivity index (χ1n) is 3.10. The van der Waals surface area contributed by atoms with Crippen molar-refractivity contribution in [2.75, 3.05) is 0 Å². The van der Waals surface area contributed by atoms with E-state index in [0.29, 0.717) is 0 Å². The Morgan fingerprint density at radius 1 is 1.22 bits per heavy atom. The first-order valence-corrected chi connectivity index (χ1v) is 3.10. The summed E-state index contributed by atoms with van der Waals surface area (Å²) in [6.07, 6.45) is 9.05. The summed E-state index contributed by atoms with van der Waals surface area (Å²) in [5, 5.41) is 0. The van der Waals surface area contributed by atoms with Crippen LogP contribution in [-0.2, 0) is 0 Å². The lowest BCUT2D eigenvalue weighted by atomic mass is 10.2. The number of hydrogen-bond donors (Lipinski definition) is 0. The fraction of sp³-hybridized carbons (Fsp3) is 0.444. The van der Waals surface area contributed by atoms with Gasteiger partial charge in [-0.05, 0) is 12.8 Å². The van der Waals surface area contributed by atoms with E-state index in [4.69, 9.17) is 6.42 Å². The average Bonchev–Trinajstić information content (AvgIpc) is 1.89. The molecule has 47 valence electrons. The van der Waals surface area contributed by atoms with Crippen molar-refractivity contribution in [2.45, 2.75) is 25.7 Å². The van der Waals surface area contributed by atoms with Crippen molar-refractivity contribution < 1.29 is 0 Å². The van der Waals surface area contributed by atoms with Crippen molar-refractivity contribution in [2.24, 2.45) is 0 Å². The lowest BCUT2D eigenvalue weighted by molar-refractivity contribution is 0.783. The molecule has 0 fully saturated rings. The molecule has 0 aliphatic carbocycles. The van der Waals surface area contributed by atoms with Crippen molar-refractivity contribution in [3.05, 3.63) is 6.92 Å². The van der Waals surface area contributed by atoms with Gasteiger partial charge in [-0.2, -0.15) is 0 Å². The molecule has 9 heavy (non-hydrogen) atoms. The van der Waals surface area contributed by atoms with Crippen LogP contribution in [0.5, 0.6) is 0 Å². The van der Waals surface area contributed by atoms with E-state index in [9.17, 15) is 0 Å². The van der Waals surface area contributed by atoms with Crippen molar-refractivity contribution in [1.29, 1.82) is 0 Å². The Bertz CT molecular complexity index is 138. The lowest BCUT2D eigenvalue weighted by Gasteiger charge is -1.86. The van der Waals surface area contributed by atoms with Gasteiger partial charge in [-0.15, -0.1) is 24.2 Å². The highest BCUT2D eigenvalue weighted by Gasteiger charge is 1.80. The molecule has 0 bridgehead atoms. The average molecular weight is 119 g/mol. The SMILES string of the molecule is C#CCCCCC#C[CH2]. The molecule has 0 saturated heterocycles. The van der Waals surface area contributed by atoms with Crippen molar-refractivity contribution >= 4 is 0 Å². The van der Waals surface area contributed by atoms with Gasteiger partial charge in [0.15, 0.2) is 0 Å². The van der Waals surface area contributed by atoms with Crippen LogP contribution in [0.4, 0.5) is 0 Å². The van der Waals surface area contributed by atoms with Crippen LogP contribution in [-0.4, -0.2) is 0 Å². The zero-order valence-corrected chi connectivity index (χ0v) is 5.61. The van der Waals surface area contributed by atoms with E-state index in [1.165, 1.54) is 0 Å². The summed E-state index contributed by atoms with van der Waals surface area (Å²) < 4.78 is 0. The highest BCUT2D eigenvalue weighted by Crippen LogP contribution is 1.96. The van der Waals surface area contributed by atoms with Crippen LogP contribution in [0.15, 0.2) is 0 Å². The molecule has 0 N–H and O–H groups in total. The summed E-state index contributed by atoms with van der Waals surface area (Å²) in [5.41, 5.74) is 0. The van der Waals surface area contributed by atoms with Crippen molar-refractivity contribution in [1.82, 2.24) is 0 Å². The molecule has 0 aliphatic heterocycles. The molecule has 1 radical (unpaired) electrons. The van der Waals surface area contributed by atoms with Crippen LogP contribution in [0.3, 0.4) is 0 Å². The Morgan fingerprint density at radius 2 is 1.89 bits per heavy atom. The molecule has 0 amide bonds. The molecular weight excluding hydrogens is 108 g/mol. The van der Waals surface area contributed by atoms with Gasteiger partial charge in [0.2, 0.25) is 0 Å². The summed E-state index contributed by atoms with van der Waals surface area (Å²) in [6.45, 7) is 3.40. The minimum absolute atomic E-state index is 0.874. The number of unbranched alkanes of at least 4 members (excludes halogenated alkanes) is 3. The summed E-state index contributed by atoms with van der Waals surface area (Å²) in [4.78, 5) is 0. The van der Waals surface area contributed by atoms with Crippen LogP contribution < -0.4 is 0 Å². The highest BCUT2D eigenvalue weighted by molar-refractivity contribution is 5.01. The second-order valence-electron chi connectivity index (χ2n) is 1.76. The van der Waals surface area contributed by atoms with Crippen LogP contribution in [0, 0.1) is 31.1 Å². The third-order valence-corrected chi connectivity index (χ3v) is 0.998. The molecule has 0 aromatic heterocycles. The molecule has 0 aromatic carbocycles. The van der Waals surface area contributed by atoms with Crippen LogP contribution in [0.25, 0.3) is 0 Å². The molecule has 0 unspecified atom stereocenters. The van der Waals surface area contributed by atoms with Gasteiger partial charge < -0.3 is 0 Å². The van der Waals surface area contributed by atoms with Gasteiger partial charge in [0.05, 0.1) is 0 Å². The normalized spacial score (nSPS) is 7.11. The Morgan fingerprint density at radius 3 is 2.44 bits per heavy atom. The fourth-order valence-electron chi connectivity index (χ4n) is 0.529. The van der Waals surface area contributed by atoms with Crippen LogP contribution in [0.1, 0.15) is 25.7 Å². The second-order valence-corrected chi connectivity index (χ2v) is 1.76. The number of terminal acetylenes is 1. The zero-order valence-electron chi connectivity index (χ0n) is 5.61. The molecule has 0 rings (SSSR count). The number of hydrogen-bond acceptors (Lipinski definition) is 0. The van der Waals surface area contributed by atoms with Gasteiger partial charge in [0, 0.05) is 19.8 Å². The zero-order chi connectivity index (χ0) is 6.95. The van der Waals surface area contributed by atoms with Crippen molar-refractivity contribution in [3.63, 3.8) is 0 Å². The maximum atomic E-state index is 5.04. The molecule has 0 heteroatoms. The van der Waals surface area contributed by atoms with Gasteiger partial charge in [-0.3, -0.25) is 0 Å². The summed E-state index contributed by atoms with van der Waals surface area (Å²) in [6, 6.07) is 0. The van der Waals surface area contributed by atoms with E-state index < -0.39 is 0 Å². The second kappa shape index (κ2) is 7.12. The Labute approximate surface area is 57.7 Å². The quantitative estimate of drug-likeness (QED) is 0.394. The first kappa shape index (κ1) is 8.12. The molecule has 0 spiro atoms. The lowest BCUT2D eigenvalue weighted by Crippen LogP contribution is -1.71. The van der Waals surface area contributed by atoms with Crippen LogP contribution in [0.2, 0.25) is 0 Å². The Balaban J connectivity index is 2.91. The van der Waals surface area contributed by atoms with E-state index in [2.05, 4.69) is 24.7 Å². The molecule has 0 nitrogen and oxygen atoms in total. The van der Waals surface area contributed by atoms with E-state index >= 15 is 0 Å². The minimum Gasteiger partial charge on any atom is -0.120 e. The van der Waals surface area contributed by atoms with E-state index in [1.54, 1.807) is 0 Å². The smallest absolute Gasteiger partial charge is 0.0198 e. The van der Waals surface area contributed by atoms with Crippen LogP contribution >= 0.6 is 0 Å². The van der Waals surface area contributed by atoms with Gasteiger partial charge in [0.1, 0.15) is 0 Å². The minimum atomic E-state index is 0.874. The van der Waals surface area contributed by atoms with Gasteiger partial charge in [-0.25, -0.2) is 0 Å².